The van der Waals surface area contributed by atoms with Gasteiger partial charge in [0, 0.05) is 28.4 Å². The highest BCUT2D eigenvalue weighted by Crippen LogP contribution is 2.36. The highest BCUT2D eigenvalue weighted by molar-refractivity contribution is 7.17. The number of fused-ring (bicyclic) bond motifs is 1. The Kier molecular flexibility index (Phi) is 3.98. The van der Waals surface area contributed by atoms with Crippen molar-refractivity contribution in [1.29, 1.82) is 0 Å². The van der Waals surface area contributed by atoms with Gasteiger partial charge in [-0.25, -0.2) is 0 Å². The van der Waals surface area contributed by atoms with Crippen molar-refractivity contribution in [3.63, 3.8) is 0 Å². The first-order chi connectivity index (χ1) is 10.6. The molecule has 2 aromatic rings. The molecule has 22 heavy (non-hydrogen) atoms. The van der Waals surface area contributed by atoms with Crippen LogP contribution >= 0.6 is 11.3 Å². The van der Waals surface area contributed by atoms with E-state index in [-0.39, 0.29) is 11.9 Å². The lowest BCUT2D eigenvalue weighted by molar-refractivity contribution is -0.117. The second-order valence-corrected chi connectivity index (χ2v) is 6.68. The minimum absolute atomic E-state index is 0.0961. The van der Waals surface area contributed by atoms with Gasteiger partial charge in [0.1, 0.15) is 0 Å². The maximum absolute atomic E-state index is 11.9. The number of thiophene rings is 1. The first kappa shape index (κ1) is 14.8. The summed E-state index contributed by atoms with van der Waals surface area (Å²) >= 11 is 1.58. The number of hydrogen-bond acceptors (Lipinski definition) is 4. The van der Waals surface area contributed by atoms with E-state index in [0.717, 1.165) is 33.8 Å². The Morgan fingerprint density at radius 2 is 2.23 bits per heavy atom. The summed E-state index contributed by atoms with van der Waals surface area (Å²) in [7, 11) is 0. The molecule has 0 fully saturated rings. The molecular formula is C17H18N2O2S. The molecule has 0 saturated carbocycles. The van der Waals surface area contributed by atoms with Crippen LogP contribution in [0, 0.1) is 0 Å². The van der Waals surface area contributed by atoms with E-state index in [1.165, 1.54) is 11.8 Å². The number of aryl methyl sites for hydroxylation is 1. The summed E-state index contributed by atoms with van der Waals surface area (Å²) in [5, 5.41) is 11.7. The fourth-order valence-electron chi connectivity index (χ4n) is 3.02. The van der Waals surface area contributed by atoms with E-state index in [9.17, 15) is 4.79 Å². The fourth-order valence-corrected chi connectivity index (χ4v) is 3.89. The van der Waals surface area contributed by atoms with E-state index in [2.05, 4.69) is 24.2 Å². The fraction of sp³-hybridized carbons (Fsp3) is 0.294. The van der Waals surface area contributed by atoms with Gasteiger partial charge in [0.15, 0.2) is 0 Å². The van der Waals surface area contributed by atoms with Crippen LogP contribution in [0.4, 0.5) is 5.69 Å². The van der Waals surface area contributed by atoms with Crippen LogP contribution in [0.1, 0.15) is 30.7 Å². The number of anilines is 1. The van der Waals surface area contributed by atoms with Gasteiger partial charge in [-0.2, -0.15) is 0 Å². The van der Waals surface area contributed by atoms with Gasteiger partial charge < -0.3 is 10.1 Å². The minimum atomic E-state index is 0.0961. The largest absolute Gasteiger partial charge is 0.411 e. The summed E-state index contributed by atoms with van der Waals surface area (Å²) in [6, 6.07) is 10.5. The van der Waals surface area contributed by atoms with Crippen LogP contribution in [0.25, 0.3) is 10.4 Å². The number of amides is 1. The molecule has 1 amide bonds. The zero-order chi connectivity index (χ0) is 15.7. The second-order valence-electron chi connectivity index (χ2n) is 5.57. The normalized spacial score (nSPS) is 17.7. The van der Waals surface area contributed by atoms with Crippen LogP contribution in [0.3, 0.4) is 0 Å². The molecule has 1 aromatic carbocycles. The molecule has 0 spiro atoms. The molecule has 0 radical (unpaired) electrons. The average molecular weight is 314 g/mol. The monoisotopic (exact) mass is 314 g/mol. The van der Waals surface area contributed by atoms with Crippen LogP contribution in [-0.4, -0.2) is 23.4 Å². The topological polar surface area (TPSA) is 52.9 Å². The highest BCUT2D eigenvalue weighted by Gasteiger charge is 2.26. The van der Waals surface area contributed by atoms with E-state index in [0.29, 0.717) is 0 Å². The van der Waals surface area contributed by atoms with Crippen LogP contribution in [0.5, 0.6) is 0 Å². The third-order valence-electron chi connectivity index (χ3n) is 4.05. The van der Waals surface area contributed by atoms with Gasteiger partial charge in [0.2, 0.25) is 5.91 Å². The van der Waals surface area contributed by atoms with Crippen LogP contribution < -0.4 is 4.90 Å². The van der Waals surface area contributed by atoms with Gasteiger partial charge in [0.05, 0.1) is 6.21 Å². The number of benzene rings is 1. The summed E-state index contributed by atoms with van der Waals surface area (Å²) in [6.45, 7) is 3.72. The molecule has 3 rings (SSSR count). The summed E-state index contributed by atoms with van der Waals surface area (Å²) < 4.78 is 0. The van der Waals surface area contributed by atoms with Crippen molar-refractivity contribution in [1.82, 2.24) is 0 Å². The maximum Gasteiger partial charge on any atom is 0.224 e. The zero-order valence-electron chi connectivity index (χ0n) is 12.6. The van der Waals surface area contributed by atoms with Crippen molar-refractivity contribution in [3.05, 3.63) is 40.8 Å². The van der Waals surface area contributed by atoms with E-state index in [1.54, 1.807) is 18.3 Å². The molecule has 1 unspecified atom stereocenters. The van der Waals surface area contributed by atoms with Gasteiger partial charge in [-0.15, -0.1) is 11.3 Å². The minimum Gasteiger partial charge on any atom is -0.411 e. The average Bonchev–Trinajstić information content (AvgIpc) is 2.95. The Balaban J connectivity index is 1.98. The van der Waals surface area contributed by atoms with Gasteiger partial charge >= 0.3 is 0 Å². The Bertz CT molecular complexity index is 736. The highest BCUT2D eigenvalue weighted by atomic mass is 32.1. The van der Waals surface area contributed by atoms with Crippen LogP contribution in [0.15, 0.2) is 35.5 Å². The Morgan fingerprint density at radius 3 is 2.95 bits per heavy atom. The lowest BCUT2D eigenvalue weighted by Crippen LogP contribution is -2.40. The van der Waals surface area contributed by atoms with Crippen molar-refractivity contribution in [2.24, 2.45) is 5.16 Å². The third kappa shape index (κ3) is 2.64. The maximum atomic E-state index is 11.9. The molecule has 0 bridgehead atoms. The molecule has 2 heterocycles. The van der Waals surface area contributed by atoms with Gasteiger partial charge in [-0.05, 0) is 55.2 Å². The summed E-state index contributed by atoms with van der Waals surface area (Å²) in [5.74, 6) is 0.0961. The summed E-state index contributed by atoms with van der Waals surface area (Å²) in [6.07, 6.45) is 3.42. The van der Waals surface area contributed by atoms with Gasteiger partial charge in [-0.1, -0.05) is 11.2 Å². The number of carbonyl (C=O) groups excluding carboxylic acids is 1. The summed E-state index contributed by atoms with van der Waals surface area (Å²) in [5.41, 5.74) is 3.39. The molecule has 4 nitrogen and oxygen atoms in total. The summed E-state index contributed by atoms with van der Waals surface area (Å²) in [4.78, 5) is 15.8. The van der Waals surface area contributed by atoms with Crippen LogP contribution in [0.2, 0.25) is 0 Å². The third-order valence-corrected chi connectivity index (χ3v) is 5.12. The number of rotatable bonds is 2. The molecule has 1 aromatic heterocycles. The van der Waals surface area contributed by atoms with Crippen molar-refractivity contribution in [2.45, 2.75) is 32.7 Å². The molecule has 5 heteroatoms. The molecule has 114 valence electrons. The van der Waals surface area contributed by atoms with E-state index in [4.69, 9.17) is 5.21 Å². The molecular weight excluding hydrogens is 296 g/mol. The lowest BCUT2D eigenvalue weighted by Gasteiger charge is -2.34. The van der Waals surface area contributed by atoms with E-state index < -0.39 is 0 Å². The van der Waals surface area contributed by atoms with Crippen molar-refractivity contribution in [2.75, 3.05) is 4.90 Å². The molecule has 1 N–H and O–H groups in total. The molecule has 0 saturated heterocycles. The standard InChI is InChI=1S/C17H18N2O2S/c1-11-3-4-13-9-14(5-7-16(13)19(11)12(2)20)17-8-6-15(22-17)10-18-21/h5-11,21H,3-4H2,1-2H3/b18-10-. The van der Waals surface area contributed by atoms with Crippen molar-refractivity contribution in [3.8, 4) is 10.4 Å². The van der Waals surface area contributed by atoms with E-state index in [1.807, 2.05) is 23.1 Å². The first-order valence-electron chi connectivity index (χ1n) is 7.30. The number of carbonyl (C=O) groups is 1. The molecule has 1 aliphatic rings. The Hall–Kier alpha value is -2.14. The lowest BCUT2D eigenvalue weighted by atomic mass is 9.94. The Labute approximate surface area is 133 Å². The number of nitrogens with zero attached hydrogens (tertiary/aromatic N) is 2. The predicted molar refractivity (Wildman–Crippen MR) is 90.1 cm³/mol. The Morgan fingerprint density at radius 1 is 1.41 bits per heavy atom. The molecule has 1 aliphatic heterocycles. The SMILES string of the molecule is CC(=O)N1c2ccc(-c3ccc(/C=N\O)s3)cc2CCC1C. The quantitative estimate of drug-likeness (QED) is 0.519. The predicted octanol–water partition coefficient (Wildman–Crippen LogP) is 3.91. The molecule has 1 atom stereocenters. The van der Waals surface area contributed by atoms with Crippen molar-refractivity contribution >= 4 is 29.1 Å². The van der Waals surface area contributed by atoms with E-state index >= 15 is 0 Å². The zero-order valence-corrected chi connectivity index (χ0v) is 13.4. The molecule has 0 aliphatic carbocycles. The van der Waals surface area contributed by atoms with Crippen LogP contribution in [-0.2, 0) is 11.2 Å². The number of hydrogen-bond donors (Lipinski definition) is 1. The van der Waals surface area contributed by atoms with Gasteiger partial charge in [-0.3, -0.25) is 4.79 Å². The van der Waals surface area contributed by atoms with Crippen molar-refractivity contribution < 1.29 is 10.0 Å². The van der Waals surface area contributed by atoms with Gasteiger partial charge in [0.25, 0.3) is 0 Å². The first-order valence-corrected chi connectivity index (χ1v) is 8.12. The smallest absolute Gasteiger partial charge is 0.224 e. The number of oxime groups is 1. The second kappa shape index (κ2) is 5.93.